The van der Waals surface area contributed by atoms with Crippen LogP contribution in [0, 0.1) is 19.8 Å². The number of fused-ring (bicyclic) bond motifs is 3. The second kappa shape index (κ2) is 4.88. The van der Waals surface area contributed by atoms with Gasteiger partial charge in [-0.2, -0.15) is 0 Å². The molecule has 0 amide bonds. The number of aromatic nitrogens is 1. The van der Waals surface area contributed by atoms with Gasteiger partial charge >= 0.3 is 0 Å². The second-order valence-electron chi connectivity index (χ2n) is 6.12. The molecule has 0 radical (unpaired) electrons. The molecule has 116 valence electrons. The summed E-state index contributed by atoms with van der Waals surface area (Å²) in [5.74, 6) is 1.69. The number of halogens is 1. The van der Waals surface area contributed by atoms with Crippen LogP contribution in [-0.4, -0.2) is 17.7 Å². The summed E-state index contributed by atoms with van der Waals surface area (Å²) in [5.41, 5.74) is 3.13. The smallest absolute Gasteiger partial charge is 0.229 e. The molecule has 0 aromatic carbocycles. The molecule has 2 aromatic heterocycles. The molecule has 2 aromatic rings. The van der Waals surface area contributed by atoms with E-state index in [-0.39, 0.29) is 0 Å². The Kier molecular flexibility index (Phi) is 3.08. The van der Waals surface area contributed by atoms with Crippen molar-refractivity contribution in [1.29, 1.82) is 0 Å². The first-order valence-corrected chi connectivity index (χ1v) is 8.12. The van der Waals surface area contributed by atoms with E-state index >= 15 is 0 Å². The molecule has 2 atom stereocenters. The number of aryl methyl sites for hydroxylation is 2. The van der Waals surface area contributed by atoms with Crippen LogP contribution < -0.4 is 21.4 Å². The van der Waals surface area contributed by atoms with Gasteiger partial charge in [-0.15, -0.1) is 0 Å². The first-order chi connectivity index (χ1) is 10.6. The zero-order valence-corrected chi connectivity index (χ0v) is 13.7. The molecular weight excluding hydrogens is 300 g/mol. The highest BCUT2D eigenvalue weighted by Gasteiger charge is 2.36. The van der Waals surface area contributed by atoms with Crippen LogP contribution >= 0.6 is 11.6 Å². The molecule has 1 saturated carbocycles. The fourth-order valence-corrected chi connectivity index (χ4v) is 3.32. The Morgan fingerprint density at radius 1 is 1.41 bits per heavy atom. The molecule has 2 aliphatic rings. The molecule has 1 aliphatic carbocycles. The van der Waals surface area contributed by atoms with E-state index in [2.05, 4.69) is 27.5 Å². The number of hydrogen-bond acceptors (Lipinski definition) is 5. The molecule has 1 aliphatic heterocycles. The third-order valence-corrected chi connectivity index (χ3v) is 5.21. The maximum absolute atomic E-state index is 6.34. The highest BCUT2D eigenvalue weighted by molar-refractivity contribution is 6.32. The lowest BCUT2D eigenvalue weighted by Gasteiger charge is -2.12. The minimum Gasteiger partial charge on any atom is -0.432 e. The molecule has 6 heteroatoms. The summed E-state index contributed by atoms with van der Waals surface area (Å²) in [5, 5.41) is 9.31. The van der Waals surface area contributed by atoms with Gasteiger partial charge in [-0.1, -0.05) is 24.9 Å². The van der Waals surface area contributed by atoms with Gasteiger partial charge in [-0.25, -0.2) is 4.98 Å². The Bertz CT molecular complexity index is 886. The van der Waals surface area contributed by atoms with Crippen LogP contribution in [0.3, 0.4) is 0 Å². The lowest BCUT2D eigenvalue weighted by atomic mass is 10.1. The highest BCUT2D eigenvalue weighted by atomic mass is 35.5. The topological polar surface area (TPSA) is 62.5 Å². The minimum atomic E-state index is 0.533. The molecule has 0 spiro atoms. The molecule has 0 bridgehead atoms. The SMILES string of the molecule is CCC1CC1NC1=c2oc3nc(C)c(Cl)c(C)c3c2=NCN1. The number of rotatable bonds is 3. The standard InChI is InChI=1S/C16H19ClN4O/c1-4-9-5-10(9)21-15-14-13(18-6-19-15)11-7(2)12(17)8(3)20-16(11)22-14/h9-10,19,21H,4-6H2,1-3H3. The number of nitrogens with zero attached hydrogens (tertiary/aromatic N) is 2. The van der Waals surface area contributed by atoms with Crippen LogP contribution in [0.4, 0.5) is 0 Å². The fraction of sp³-hybridized carbons (Fsp3) is 0.500. The maximum atomic E-state index is 6.34. The van der Waals surface area contributed by atoms with Crippen molar-refractivity contribution in [3.63, 3.8) is 0 Å². The van der Waals surface area contributed by atoms with E-state index in [9.17, 15) is 0 Å². The van der Waals surface area contributed by atoms with Crippen molar-refractivity contribution in [1.82, 2.24) is 15.6 Å². The van der Waals surface area contributed by atoms with Crippen molar-refractivity contribution in [3.05, 3.63) is 27.1 Å². The van der Waals surface area contributed by atoms with E-state index in [0.29, 0.717) is 23.4 Å². The third-order valence-electron chi connectivity index (χ3n) is 4.65. The van der Waals surface area contributed by atoms with Crippen molar-refractivity contribution in [2.24, 2.45) is 10.9 Å². The summed E-state index contributed by atoms with van der Waals surface area (Å²) in [7, 11) is 0. The first kappa shape index (κ1) is 13.9. The molecule has 0 saturated heterocycles. The second-order valence-corrected chi connectivity index (χ2v) is 6.50. The Balaban J connectivity index is 1.92. The van der Waals surface area contributed by atoms with Crippen LogP contribution in [0.2, 0.25) is 5.02 Å². The summed E-state index contributed by atoms with van der Waals surface area (Å²) < 4.78 is 5.99. The van der Waals surface area contributed by atoms with Crippen molar-refractivity contribution < 1.29 is 4.42 Å². The van der Waals surface area contributed by atoms with Gasteiger partial charge in [0, 0.05) is 6.04 Å². The number of nitrogens with one attached hydrogen (secondary N) is 2. The zero-order valence-electron chi connectivity index (χ0n) is 13.0. The van der Waals surface area contributed by atoms with Crippen LogP contribution in [0.15, 0.2) is 9.41 Å². The van der Waals surface area contributed by atoms with E-state index in [1.165, 1.54) is 12.8 Å². The molecule has 2 unspecified atom stereocenters. The first-order valence-electron chi connectivity index (χ1n) is 7.74. The van der Waals surface area contributed by atoms with Crippen LogP contribution in [0.5, 0.6) is 0 Å². The van der Waals surface area contributed by atoms with Crippen molar-refractivity contribution in [2.75, 3.05) is 6.67 Å². The molecule has 1 fully saturated rings. The summed E-state index contributed by atoms with van der Waals surface area (Å²) in [6, 6.07) is 0.533. The van der Waals surface area contributed by atoms with Crippen molar-refractivity contribution in [2.45, 2.75) is 39.7 Å². The normalized spacial score (nSPS) is 23.0. The van der Waals surface area contributed by atoms with E-state index in [0.717, 1.165) is 39.2 Å². The molecule has 5 nitrogen and oxygen atoms in total. The van der Waals surface area contributed by atoms with Gasteiger partial charge in [-0.3, -0.25) is 4.99 Å². The summed E-state index contributed by atoms with van der Waals surface area (Å²) in [4.78, 5) is 9.04. The Labute approximate surface area is 133 Å². The summed E-state index contributed by atoms with van der Waals surface area (Å²) in [6.45, 7) is 6.65. The van der Waals surface area contributed by atoms with Gasteiger partial charge in [0.05, 0.1) is 16.1 Å². The van der Waals surface area contributed by atoms with E-state index in [4.69, 9.17) is 16.0 Å². The number of hydrogen-bond donors (Lipinski definition) is 2. The lowest BCUT2D eigenvalue weighted by molar-refractivity contribution is 0.534. The monoisotopic (exact) mass is 318 g/mol. The lowest BCUT2D eigenvalue weighted by Crippen LogP contribution is -2.42. The molecule has 2 N–H and O–H groups in total. The van der Waals surface area contributed by atoms with E-state index in [1.807, 2.05) is 13.8 Å². The van der Waals surface area contributed by atoms with Crippen LogP contribution in [-0.2, 0) is 0 Å². The Morgan fingerprint density at radius 3 is 2.95 bits per heavy atom. The highest BCUT2D eigenvalue weighted by Crippen LogP contribution is 2.33. The maximum Gasteiger partial charge on any atom is 0.229 e. The third kappa shape index (κ3) is 1.99. The minimum absolute atomic E-state index is 0.533. The van der Waals surface area contributed by atoms with Gasteiger partial charge in [-0.05, 0) is 31.7 Å². The molecule has 3 heterocycles. The van der Waals surface area contributed by atoms with Crippen molar-refractivity contribution in [3.8, 4) is 0 Å². The molecular formula is C16H19ClN4O. The number of furan rings is 1. The van der Waals surface area contributed by atoms with E-state index < -0.39 is 0 Å². The van der Waals surface area contributed by atoms with Gasteiger partial charge in [0.1, 0.15) is 17.8 Å². The van der Waals surface area contributed by atoms with Crippen molar-refractivity contribution >= 4 is 28.5 Å². The summed E-state index contributed by atoms with van der Waals surface area (Å²) in [6.07, 6.45) is 2.42. The van der Waals surface area contributed by atoms with Crippen LogP contribution in [0.1, 0.15) is 31.0 Å². The van der Waals surface area contributed by atoms with Gasteiger partial charge in [0.15, 0.2) is 5.42 Å². The van der Waals surface area contributed by atoms with Crippen LogP contribution in [0.25, 0.3) is 16.9 Å². The molecule has 22 heavy (non-hydrogen) atoms. The number of pyridine rings is 1. The summed E-state index contributed by atoms with van der Waals surface area (Å²) >= 11 is 6.34. The Hall–Kier alpha value is -1.75. The average Bonchev–Trinajstić information content (AvgIpc) is 3.15. The van der Waals surface area contributed by atoms with Gasteiger partial charge in [0.25, 0.3) is 0 Å². The average molecular weight is 319 g/mol. The van der Waals surface area contributed by atoms with Gasteiger partial charge in [0.2, 0.25) is 5.71 Å². The van der Waals surface area contributed by atoms with E-state index in [1.54, 1.807) is 0 Å². The fourth-order valence-electron chi connectivity index (χ4n) is 3.19. The quantitative estimate of drug-likeness (QED) is 0.905. The predicted octanol–water partition coefficient (Wildman–Crippen LogP) is 1.73. The molecule has 4 rings (SSSR count). The van der Waals surface area contributed by atoms with Gasteiger partial charge < -0.3 is 15.1 Å². The predicted molar refractivity (Wildman–Crippen MR) is 86.0 cm³/mol. The zero-order chi connectivity index (χ0) is 15.4. The Morgan fingerprint density at radius 2 is 2.23 bits per heavy atom. The largest absolute Gasteiger partial charge is 0.432 e.